The number of hydrogen-bond acceptors (Lipinski definition) is 9. The summed E-state index contributed by atoms with van der Waals surface area (Å²) in [6, 6.07) is 6.22. The number of morpholine rings is 1. The van der Waals surface area contributed by atoms with Crippen LogP contribution in [0, 0.1) is 0 Å². The summed E-state index contributed by atoms with van der Waals surface area (Å²) in [5.74, 6) is 2.20. The number of fused-ring (bicyclic) bond motifs is 4. The first kappa shape index (κ1) is 20.4. The van der Waals surface area contributed by atoms with E-state index in [-0.39, 0.29) is 0 Å². The number of rotatable bonds is 5. The van der Waals surface area contributed by atoms with E-state index in [0.717, 1.165) is 64.6 Å². The molecule has 0 bridgehead atoms. The van der Waals surface area contributed by atoms with E-state index in [2.05, 4.69) is 66.6 Å². The van der Waals surface area contributed by atoms with Gasteiger partial charge in [0.1, 0.15) is 12.2 Å². The molecule has 1 saturated heterocycles. The molecule has 0 saturated carbocycles. The van der Waals surface area contributed by atoms with Crippen LogP contribution in [0.25, 0.3) is 34.0 Å². The number of aromatic nitrogens is 6. The lowest BCUT2D eigenvalue weighted by molar-refractivity contribution is 0.122. The highest BCUT2D eigenvalue weighted by Gasteiger charge is 2.20. The van der Waals surface area contributed by atoms with E-state index in [0.29, 0.717) is 31.5 Å². The Balaban J connectivity index is 1.26. The van der Waals surface area contributed by atoms with Crippen LogP contribution in [0.15, 0.2) is 41.4 Å². The molecule has 5 aromatic rings. The van der Waals surface area contributed by atoms with Gasteiger partial charge in [-0.05, 0) is 23.6 Å². The Kier molecular flexibility index (Phi) is 4.88. The molecule has 0 atom stereocenters. The summed E-state index contributed by atoms with van der Waals surface area (Å²) in [6.07, 6.45) is 6.05. The third kappa shape index (κ3) is 3.60. The topological polar surface area (TPSA) is 109 Å². The normalized spacial score (nSPS) is 15.5. The average molecular weight is 486 g/mol. The lowest BCUT2D eigenvalue weighted by Crippen LogP contribution is -2.37. The molecule has 0 radical (unpaired) electrons. The zero-order valence-electron chi connectivity index (χ0n) is 18.9. The number of nitrogens with zero attached hydrogens (tertiary/aromatic N) is 6. The van der Waals surface area contributed by atoms with Gasteiger partial charge in [0.05, 0.1) is 36.5 Å². The Bertz CT molecular complexity index is 1550. The molecule has 0 amide bonds. The highest BCUT2D eigenvalue weighted by atomic mass is 32.1. The minimum Gasteiger partial charge on any atom is -0.381 e. The molecule has 35 heavy (non-hydrogen) atoms. The van der Waals surface area contributed by atoms with Crippen molar-refractivity contribution in [1.29, 1.82) is 0 Å². The molecule has 2 aliphatic heterocycles. The van der Waals surface area contributed by atoms with Crippen LogP contribution in [0.5, 0.6) is 0 Å². The molecule has 2 aliphatic rings. The maximum absolute atomic E-state index is 5.53. The van der Waals surface area contributed by atoms with Gasteiger partial charge in [-0.1, -0.05) is 12.2 Å². The number of imidazole rings is 2. The smallest absolute Gasteiger partial charge is 0.229 e. The molecule has 6 heterocycles. The first-order chi connectivity index (χ1) is 17.3. The Morgan fingerprint density at radius 1 is 1.09 bits per heavy atom. The van der Waals surface area contributed by atoms with Crippen molar-refractivity contribution in [2.75, 3.05) is 48.4 Å². The van der Waals surface area contributed by atoms with Gasteiger partial charge in [-0.25, -0.2) is 9.97 Å². The second kappa shape index (κ2) is 8.36. The Labute approximate surface area is 204 Å². The van der Waals surface area contributed by atoms with Gasteiger partial charge in [-0.3, -0.25) is 4.57 Å². The molecule has 7 rings (SSSR count). The second-order valence-electron chi connectivity index (χ2n) is 8.48. The van der Waals surface area contributed by atoms with Crippen LogP contribution < -0.4 is 15.5 Å². The van der Waals surface area contributed by atoms with E-state index < -0.39 is 0 Å². The largest absolute Gasteiger partial charge is 0.381 e. The fourth-order valence-corrected chi connectivity index (χ4v) is 5.20. The lowest BCUT2D eigenvalue weighted by atomic mass is 10.1. The van der Waals surface area contributed by atoms with Crippen LogP contribution in [0.1, 0.15) is 11.4 Å². The Hall–Kier alpha value is -3.96. The number of aromatic amines is 1. The summed E-state index contributed by atoms with van der Waals surface area (Å²) >= 11 is 1.65. The lowest BCUT2D eigenvalue weighted by Gasteiger charge is -2.27. The van der Waals surface area contributed by atoms with E-state index in [9.17, 15) is 0 Å². The molecular formula is C24H23N9OS. The van der Waals surface area contributed by atoms with Gasteiger partial charge in [0.2, 0.25) is 5.95 Å². The summed E-state index contributed by atoms with van der Waals surface area (Å²) in [4.78, 5) is 24.9. The van der Waals surface area contributed by atoms with E-state index in [1.807, 2.05) is 10.9 Å². The summed E-state index contributed by atoms with van der Waals surface area (Å²) in [5, 5.41) is 11.0. The van der Waals surface area contributed by atoms with Crippen LogP contribution in [0.3, 0.4) is 0 Å². The Morgan fingerprint density at radius 3 is 2.91 bits per heavy atom. The maximum Gasteiger partial charge on any atom is 0.229 e. The Morgan fingerprint density at radius 2 is 2.03 bits per heavy atom. The van der Waals surface area contributed by atoms with Crippen LogP contribution in [0.4, 0.5) is 17.5 Å². The molecule has 0 spiro atoms. The number of hydrogen-bond donors (Lipinski definition) is 3. The summed E-state index contributed by atoms with van der Waals surface area (Å²) in [5.41, 5.74) is 6.75. The maximum atomic E-state index is 5.53. The van der Waals surface area contributed by atoms with Gasteiger partial charge in [0.25, 0.3) is 0 Å². The van der Waals surface area contributed by atoms with Crippen molar-refractivity contribution >= 4 is 57.1 Å². The van der Waals surface area contributed by atoms with Crippen LogP contribution in [-0.4, -0.2) is 62.3 Å². The van der Waals surface area contributed by atoms with Gasteiger partial charge in [0, 0.05) is 36.3 Å². The van der Waals surface area contributed by atoms with Gasteiger partial charge in [-0.15, -0.1) is 0 Å². The zero-order valence-corrected chi connectivity index (χ0v) is 19.7. The number of ether oxygens (including phenoxy) is 1. The SMILES string of the molecule is C1=Cc2c(ccc3[nH]c(CNc4nc(N5CCOCC5)nc5c4ncn5-c4ccsc4)nc23)NC1. The predicted octanol–water partition coefficient (Wildman–Crippen LogP) is 3.64. The second-order valence-corrected chi connectivity index (χ2v) is 9.26. The molecule has 176 valence electrons. The number of H-pyrrole nitrogens is 1. The molecular weight excluding hydrogens is 462 g/mol. The van der Waals surface area contributed by atoms with Gasteiger partial charge in [0.15, 0.2) is 17.0 Å². The van der Waals surface area contributed by atoms with Crippen molar-refractivity contribution in [1.82, 2.24) is 29.5 Å². The third-order valence-electron chi connectivity index (χ3n) is 6.32. The van der Waals surface area contributed by atoms with Crippen molar-refractivity contribution in [2.24, 2.45) is 0 Å². The van der Waals surface area contributed by atoms with Crippen molar-refractivity contribution < 1.29 is 4.74 Å². The van der Waals surface area contributed by atoms with Crippen molar-refractivity contribution in [3.05, 3.63) is 52.8 Å². The molecule has 1 aromatic carbocycles. The minimum atomic E-state index is 0.487. The fraction of sp³-hybridized carbons (Fsp3) is 0.250. The van der Waals surface area contributed by atoms with Crippen LogP contribution in [-0.2, 0) is 11.3 Å². The molecule has 11 heteroatoms. The van der Waals surface area contributed by atoms with Gasteiger partial charge in [-0.2, -0.15) is 21.3 Å². The summed E-state index contributed by atoms with van der Waals surface area (Å²) in [7, 11) is 0. The van der Waals surface area contributed by atoms with E-state index in [1.165, 1.54) is 0 Å². The van der Waals surface area contributed by atoms with Gasteiger partial charge < -0.3 is 25.3 Å². The van der Waals surface area contributed by atoms with E-state index in [1.54, 1.807) is 11.3 Å². The number of benzene rings is 1. The molecule has 4 aromatic heterocycles. The van der Waals surface area contributed by atoms with Crippen molar-refractivity contribution in [3.8, 4) is 5.69 Å². The van der Waals surface area contributed by atoms with E-state index in [4.69, 9.17) is 19.7 Å². The zero-order chi connectivity index (χ0) is 23.2. The molecule has 3 N–H and O–H groups in total. The summed E-state index contributed by atoms with van der Waals surface area (Å²) < 4.78 is 7.54. The summed E-state index contributed by atoms with van der Waals surface area (Å²) in [6.45, 7) is 4.17. The minimum absolute atomic E-state index is 0.487. The quantitative estimate of drug-likeness (QED) is 0.346. The standard InChI is InChI=1S/C24H23N9OS/c1-2-16-17(25-6-1)3-4-18-20(16)29-19(28-18)12-26-22-21-23(33(14-27-21)15-5-11-35-13-15)31-24(30-22)32-7-9-34-10-8-32/h1-5,11,13-14,25H,6-10,12H2,(H,28,29)(H,26,30,31). The predicted molar refractivity (Wildman–Crippen MR) is 139 cm³/mol. The molecule has 10 nitrogen and oxygen atoms in total. The van der Waals surface area contributed by atoms with Gasteiger partial charge >= 0.3 is 0 Å². The van der Waals surface area contributed by atoms with Crippen LogP contribution in [0.2, 0.25) is 0 Å². The fourth-order valence-electron chi connectivity index (χ4n) is 4.57. The molecule has 0 aliphatic carbocycles. The molecule has 0 unspecified atom stereocenters. The van der Waals surface area contributed by atoms with Crippen LogP contribution >= 0.6 is 11.3 Å². The van der Waals surface area contributed by atoms with Crippen molar-refractivity contribution in [3.63, 3.8) is 0 Å². The highest BCUT2D eigenvalue weighted by molar-refractivity contribution is 7.08. The highest BCUT2D eigenvalue weighted by Crippen LogP contribution is 2.29. The van der Waals surface area contributed by atoms with Crippen molar-refractivity contribution in [2.45, 2.75) is 6.54 Å². The number of nitrogens with one attached hydrogen (secondary N) is 3. The number of thiophene rings is 1. The third-order valence-corrected chi connectivity index (χ3v) is 6.99. The molecule has 1 fully saturated rings. The monoisotopic (exact) mass is 485 g/mol. The first-order valence-electron chi connectivity index (χ1n) is 11.6. The first-order valence-corrected chi connectivity index (χ1v) is 12.5. The average Bonchev–Trinajstić information content (AvgIpc) is 3.67. The number of anilines is 3. The van der Waals surface area contributed by atoms with E-state index >= 15 is 0 Å².